The summed E-state index contributed by atoms with van der Waals surface area (Å²) in [5.74, 6) is 0.224. The molecule has 1 N–H and O–H groups in total. The van der Waals surface area contributed by atoms with Gasteiger partial charge in [-0.05, 0) is 25.5 Å². The molecule has 90 valence electrons. The molecule has 0 spiro atoms. The minimum absolute atomic E-state index is 0.224. The molecule has 4 heteroatoms. The zero-order chi connectivity index (χ0) is 12.3. The van der Waals surface area contributed by atoms with Gasteiger partial charge in [-0.2, -0.15) is 0 Å². The van der Waals surface area contributed by atoms with Crippen molar-refractivity contribution in [3.63, 3.8) is 0 Å². The fraction of sp³-hybridized carbons (Fsp3) is 0.308. The van der Waals surface area contributed by atoms with Crippen LogP contribution in [-0.4, -0.2) is 9.67 Å². The first-order valence-corrected chi connectivity index (χ1v) is 6.58. The Hall–Kier alpha value is -1.55. The predicted octanol–water partition coefficient (Wildman–Crippen LogP) is 3.21. The number of phenolic OH excluding ortho intramolecular Hbond substituents is 1. The zero-order valence-corrected chi connectivity index (χ0v) is 10.9. The summed E-state index contributed by atoms with van der Waals surface area (Å²) in [7, 11) is 0. The summed E-state index contributed by atoms with van der Waals surface area (Å²) in [6.45, 7) is 5.19. The van der Waals surface area contributed by atoms with Crippen molar-refractivity contribution in [2.75, 3.05) is 0 Å². The molecule has 1 aromatic carbocycles. The number of para-hydroxylation sites is 2. The molecule has 0 aliphatic carbocycles. The van der Waals surface area contributed by atoms with Gasteiger partial charge in [-0.1, -0.05) is 19.1 Å². The summed E-state index contributed by atoms with van der Waals surface area (Å²) in [4.78, 5) is 5.45. The second kappa shape index (κ2) is 5.19. The molecular formula is C13H16N2OS. The van der Waals surface area contributed by atoms with E-state index in [0.29, 0.717) is 5.69 Å². The van der Waals surface area contributed by atoms with Gasteiger partial charge in [0.1, 0.15) is 11.4 Å². The van der Waals surface area contributed by atoms with Gasteiger partial charge in [0, 0.05) is 17.6 Å². The lowest BCUT2D eigenvalue weighted by molar-refractivity contribution is 0.476. The lowest BCUT2D eigenvalue weighted by Crippen LogP contribution is -2.15. The van der Waals surface area contributed by atoms with Crippen molar-refractivity contribution in [1.82, 2.24) is 4.57 Å². The first-order valence-electron chi connectivity index (χ1n) is 5.70. The van der Waals surface area contributed by atoms with Crippen LogP contribution in [0.4, 0.5) is 5.69 Å². The van der Waals surface area contributed by atoms with E-state index in [1.54, 1.807) is 23.5 Å². The van der Waals surface area contributed by atoms with E-state index in [2.05, 4.69) is 28.8 Å². The van der Waals surface area contributed by atoms with Crippen LogP contribution in [0.25, 0.3) is 0 Å². The van der Waals surface area contributed by atoms with Gasteiger partial charge >= 0.3 is 0 Å². The van der Waals surface area contributed by atoms with Gasteiger partial charge < -0.3 is 9.67 Å². The molecule has 17 heavy (non-hydrogen) atoms. The normalized spacial score (nSPS) is 12.0. The number of aromatic nitrogens is 1. The number of benzene rings is 1. The minimum atomic E-state index is 0.224. The van der Waals surface area contributed by atoms with E-state index in [0.717, 1.165) is 17.8 Å². The van der Waals surface area contributed by atoms with Crippen molar-refractivity contribution < 1.29 is 5.11 Å². The molecule has 0 fully saturated rings. The van der Waals surface area contributed by atoms with Crippen LogP contribution in [-0.2, 0) is 6.54 Å². The van der Waals surface area contributed by atoms with Gasteiger partial charge in [-0.3, -0.25) is 0 Å². The highest BCUT2D eigenvalue weighted by molar-refractivity contribution is 7.07. The molecule has 0 saturated heterocycles. The topological polar surface area (TPSA) is 37.5 Å². The van der Waals surface area contributed by atoms with Crippen LogP contribution in [0.3, 0.4) is 0 Å². The van der Waals surface area contributed by atoms with E-state index in [1.165, 1.54) is 5.69 Å². The number of aryl methyl sites for hydroxylation is 1. The molecule has 1 heterocycles. The van der Waals surface area contributed by atoms with E-state index in [9.17, 15) is 5.11 Å². The predicted molar refractivity (Wildman–Crippen MR) is 70.7 cm³/mol. The van der Waals surface area contributed by atoms with Gasteiger partial charge in [0.25, 0.3) is 0 Å². The standard InChI is InChI=1S/C13H16N2OS/c1-3-8-15-10(2)9-17-13(15)14-11-6-4-5-7-12(11)16/h4-7,9,16H,3,8H2,1-2H3. The Morgan fingerprint density at radius 2 is 2.12 bits per heavy atom. The molecule has 3 nitrogen and oxygen atoms in total. The maximum atomic E-state index is 9.70. The maximum Gasteiger partial charge on any atom is 0.190 e. The quantitative estimate of drug-likeness (QED) is 0.889. The number of nitrogens with zero attached hydrogens (tertiary/aromatic N) is 2. The molecule has 0 aliphatic rings. The molecule has 0 aliphatic heterocycles. The van der Waals surface area contributed by atoms with Crippen LogP contribution < -0.4 is 4.80 Å². The van der Waals surface area contributed by atoms with Gasteiger partial charge in [0.05, 0.1) is 0 Å². The third kappa shape index (κ3) is 2.58. The Morgan fingerprint density at radius 3 is 2.82 bits per heavy atom. The molecule has 0 bridgehead atoms. The SMILES string of the molecule is CCCn1c(C)csc1=Nc1ccccc1O. The van der Waals surface area contributed by atoms with E-state index >= 15 is 0 Å². The number of phenols is 1. The largest absolute Gasteiger partial charge is 0.506 e. The van der Waals surface area contributed by atoms with Crippen molar-refractivity contribution in [2.24, 2.45) is 4.99 Å². The highest BCUT2D eigenvalue weighted by Gasteiger charge is 2.02. The number of hydrogen-bond donors (Lipinski definition) is 1. The summed E-state index contributed by atoms with van der Waals surface area (Å²) in [6.07, 6.45) is 1.07. The fourth-order valence-electron chi connectivity index (χ4n) is 1.66. The Labute approximate surface area is 105 Å². The van der Waals surface area contributed by atoms with Crippen LogP contribution in [0.2, 0.25) is 0 Å². The highest BCUT2D eigenvalue weighted by atomic mass is 32.1. The van der Waals surface area contributed by atoms with Gasteiger partial charge in [0.2, 0.25) is 0 Å². The van der Waals surface area contributed by atoms with Gasteiger partial charge in [0.15, 0.2) is 4.80 Å². The van der Waals surface area contributed by atoms with Crippen molar-refractivity contribution in [3.8, 4) is 5.75 Å². The van der Waals surface area contributed by atoms with Gasteiger partial charge in [-0.15, -0.1) is 11.3 Å². The zero-order valence-electron chi connectivity index (χ0n) is 10.1. The number of rotatable bonds is 3. The lowest BCUT2D eigenvalue weighted by atomic mass is 10.3. The van der Waals surface area contributed by atoms with Crippen molar-refractivity contribution in [1.29, 1.82) is 0 Å². The van der Waals surface area contributed by atoms with Crippen LogP contribution in [0.5, 0.6) is 5.75 Å². The summed E-state index contributed by atoms with van der Waals surface area (Å²) in [5, 5.41) is 11.8. The van der Waals surface area contributed by atoms with Crippen molar-refractivity contribution >= 4 is 17.0 Å². The van der Waals surface area contributed by atoms with Crippen molar-refractivity contribution in [3.05, 3.63) is 40.1 Å². The third-order valence-corrected chi connectivity index (χ3v) is 3.52. The van der Waals surface area contributed by atoms with Crippen LogP contribution in [0.1, 0.15) is 19.0 Å². The van der Waals surface area contributed by atoms with Crippen LogP contribution in [0, 0.1) is 6.92 Å². The van der Waals surface area contributed by atoms with Crippen molar-refractivity contribution in [2.45, 2.75) is 26.8 Å². The second-order valence-electron chi connectivity index (χ2n) is 3.91. The molecule has 2 aromatic rings. The fourth-order valence-corrected chi connectivity index (χ4v) is 2.58. The Bertz CT molecular complexity index is 569. The second-order valence-corrected chi connectivity index (χ2v) is 4.75. The average Bonchev–Trinajstić information content (AvgIpc) is 2.65. The Morgan fingerprint density at radius 1 is 1.35 bits per heavy atom. The molecular weight excluding hydrogens is 232 g/mol. The number of aromatic hydroxyl groups is 1. The summed E-state index contributed by atoms with van der Waals surface area (Å²) in [5.41, 5.74) is 1.84. The van der Waals surface area contributed by atoms with Crippen LogP contribution in [0.15, 0.2) is 34.6 Å². The first-order chi connectivity index (χ1) is 8.22. The van der Waals surface area contributed by atoms with Crippen LogP contribution >= 0.6 is 11.3 Å². The highest BCUT2D eigenvalue weighted by Crippen LogP contribution is 2.24. The Kier molecular flexibility index (Phi) is 3.64. The molecule has 2 rings (SSSR count). The van der Waals surface area contributed by atoms with E-state index < -0.39 is 0 Å². The molecule has 0 atom stereocenters. The third-order valence-electron chi connectivity index (χ3n) is 2.54. The molecule has 1 aromatic heterocycles. The summed E-state index contributed by atoms with van der Waals surface area (Å²) >= 11 is 1.60. The number of thiazole rings is 1. The molecule has 0 amide bonds. The molecule has 0 unspecified atom stereocenters. The maximum absolute atomic E-state index is 9.70. The molecule has 0 saturated carbocycles. The number of hydrogen-bond acceptors (Lipinski definition) is 3. The monoisotopic (exact) mass is 248 g/mol. The van der Waals surface area contributed by atoms with E-state index in [1.807, 2.05) is 12.1 Å². The summed E-state index contributed by atoms with van der Waals surface area (Å²) in [6, 6.07) is 7.15. The van der Waals surface area contributed by atoms with E-state index in [4.69, 9.17) is 0 Å². The average molecular weight is 248 g/mol. The smallest absolute Gasteiger partial charge is 0.190 e. The Balaban J connectivity index is 2.50. The molecule has 0 radical (unpaired) electrons. The summed E-state index contributed by atoms with van der Waals surface area (Å²) < 4.78 is 2.18. The lowest BCUT2D eigenvalue weighted by Gasteiger charge is -2.03. The van der Waals surface area contributed by atoms with Gasteiger partial charge in [-0.25, -0.2) is 4.99 Å². The minimum Gasteiger partial charge on any atom is -0.506 e. The first kappa shape index (κ1) is 11.9. The van der Waals surface area contributed by atoms with E-state index in [-0.39, 0.29) is 5.75 Å².